The van der Waals surface area contributed by atoms with Crippen LogP contribution in [0.15, 0.2) is 36.4 Å². The van der Waals surface area contributed by atoms with Gasteiger partial charge in [0.1, 0.15) is 6.04 Å². The SMILES string of the molecule is CC(C)CC(C(=O)NCc1cccc(NC(=O)C(C)C)c1)N1C(=O)C2CC=CCC2C1=O. The van der Waals surface area contributed by atoms with Crippen molar-refractivity contribution in [1.29, 1.82) is 0 Å². The van der Waals surface area contributed by atoms with Gasteiger partial charge in [-0.15, -0.1) is 0 Å². The fraction of sp³-hybridized carbons (Fsp3) is 0.520. The van der Waals surface area contributed by atoms with Gasteiger partial charge in [-0.05, 0) is 42.9 Å². The first-order chi connectivity index (χ1) is 15.2. The number of anilines is 1. The Balaban J connectivity index is 1.70. The summed E-state index contributed by atoms with van der Waals surface area (Å²) in [5.74, 6) is -1.57. The van der Waals surface area contributed by atoms with Crippen molar-refractivity contribution in [2.45, 2.75) is 59.5 Å². The maximum absolute atomic E-state index is 13.1. The molecule has 3 unspecified atom stereocenters. The molecule has 1 aromatic carbocycles. The zero-order chi connectivity index (χ0) is 23.4. The second-order valence-electron chi connectivity index (χ2n) is 9.41. The lowest BCUT2D eigenvalue weighted by molar-refractivity contribution is -0.148. The summed E-state index contributed by atoms with van der Waals surface area (Å²) in [6.07, 6.45) is 5.41. The summed E-state index contributed by atoms with van der Waals surface area (Å²) in [6.45, 7) is 7.83. The minimum atomic E-state index is -0.815. The van der Waals surface area contributed by atoms with Crippen molar-refractivity contribution in [3.63, 3.8) is 0 Å². The number of imide groups is 1. The first kappa shape index (κ1) is 23.7. The Morgan fingerprint density at radius 3 is 2.19 bits per heavy atom. The molecule has 172 valence electrons. The molecule has 3 atom stereocenters. The van der Waals surface area contributed by atoms with E-state index in [9.17, 15) is 19.2 Å². The standard InChI is InChI=1S/C25H33N3O4/c1-15(2)12-21(28-24(31)19-10-5-6-11-20(19)25(28)32)23(30)26-14-17-8-7-9-18(13-17)27-22(29)16(3)4/h5-9,13,15-16,19-21H,10-12,14H2,1-4H3,(H,26,30)(H,27,29). The van der Waals surface area contributed by atoms with Gasteiger partial charge in [-0.2, -0.15) is 0 Å². The Morgan fingerprint density at radius 2 is 1.62 bits per heavy atom. The van der Waals surface area contributed by atoms with Crippen LogP contribution in [0.2, 0.25) is 0 Å². The highest BCUT2D eigenvalue weighted by atomic mass is 16.2. The molecule has 1 heterocycles. The van der Waals surface area contributed by atoms with Gasteiger partial charge in [-0.3, -0.25) is 24.1 Å². The predicted molar refractivity (Wildman–Crippen MR) is 122 cm³/mol. The molecule has 0 saturated carbocycles. The third-order valence-corrected chi connectivity index (χ3v) is 6.04. The number of hydrogen-bond acceptors (Lipinski definition) is 4. The Morgan fingerprint density at radius 1 is 1.00 bits per heavy atom. The number of carbonyl (C=O) groups is 4. The second-order valence-corrected chi connectivity index (χ2v) is 9.41. The molecule has 1 aliphatic carbocycles. The summed E-state index contributed by atoms with van der Waals surface area (Å²) in [5.41, 5.74) is 1.48. The summed E-state index contributed by atoms with van der Waals surface area (Å²) in [4.78, 5) is 52.3. The first-order valence-corrected chi connectivity index (χ1v) is 11.4. The second kappa shape index (κ2) is 10.1. The van der Waals surface area contributed by atoms with Gasteiger partial charge in [-0.1, -0.05) is 52.0 Å². The van der Waals surface area contributed by atoms with Crippen molar-refractivity contribution in [3.05, 3.63) is 42.0 Å². The molecule has 1 aromatic rings. The van der Waals surface area contributed by atoms with E-state index in [4.69, 9.17) is 0 Å². The van der Waals surface area contributed by atoms with Crippen LogP contribution in [-0.4, -0.2) is 34.6 Å². The van der Waals surface area contributed by atoms with E-state index in [0.717, 1.165) is 5.56 Å². The van der Waals surface area contributed by atoms with E-state index in [-0.39, 0.29) is 53.8 Å². The van der Waals surface area contributed by atoms with E-state index in [1.807, 2.05) is 58.0 Å². The van der Waals surface area contributed by atoms with Crippen LogP contribution in [-0.2, 0) is 25.7 Å². The van der Waals surface area contributed by atoms with Crippen LogP contribution in [0.1, 0.15) is 52.5 Å². The molecule has 7 nitrogen and oxygen atoms in total. The fourth-order valence-electron chi connectivity index (χ4n) is 4.26. The van der Waals surface area contributed by atoms with Crippen molar-refractivity contribution in [1.82, 2.24) is 10.2 Å². The van der Waals surface area contributed by atoms with E-state index in [1.54, 1.807) is 6.07 Å². The van der Waals surface area contributed by atoms with E-state index in [0.29, 0.717) is 24.9 Å². The molecule has 3 rings (SSSR count). The largest absolute Gasteiger partial charge is 0.350 e. The van der Waals surface area contributed by atoms with Crippen LogP contribution in [0.4, 0.5) is 5.69 Å². The molecular weight excluding hydrogens is 406 g/mol. The lowest BCUT2D eigenvalue weighted by atomic mass is 9.85. The summed E-state index contributed by atoms with van der Waals surface area (Å²) < 4.78 is 0. The topological polar surface area (TPSA) is 95.6 Å². The molecule has 1 aliphatic heterocycles. The molecule has 7 heteroatoms. The number of rotatable bonds is 8. The maximum Gasteiger partial charge on any atom is 0.243 e. The number of benzene rings is 1. The van der Waals surface area contributed by atoms with E-state index in [2.05, 4.69) is 10.6 Å². The van der Waals surface area contributed by atoms with Crippen molar-refractivity contribution in [3.8, 4) is 0 Å². The van der Waals surface area contributed by atoms with Gasteiger partial charge < -0.3 is 10.6 Å². The normalized spacial score (nSPS) is 21.1. The molecular formula is C25H33N3O4. The third-order valence-electron chi connectivity index (χ3n) is 6.04. The first-order valence-electron chi connectivity index (χ1n) is 11.4. The number of amides is 4. The molecule has 0 aromatic heterocycles. The van der Waals surface area contributed by atoms with Gasteiger partial charge in [0.15, 0.2) is 0 Å². The van der Waals surface area contributed by atoms with Gasteiger partial charge in [0.2, 0.25) is 23.6 Å². The van der Waals surface area contributed by atoms with Crippen molar-refractivity contribution in [2.24, 2.45) is 23.7 Å². The maximum atomic E-state index is 13.1. The highest BCUT2D eigenvalue weighted by Crippen LogP contribution is 2.37. The molecule has 1 fully saturated rings. The molecule has 0 bridgehead atoms. The molecule has 32 heavy (non-hydrogen) atoms. The van der Waals surface area contributed by atoms with E-state index < -0.39 is 6.04 Å². The van der Waals surface area contributed by atoms with Crippen LogP contribution in [0.3, 0.4) is 0 Å². The zero-order valence-corrected chi connectivity index (χ0v) is 19.3. The van der Waals surface area contributed by atoms with Crippen LogP contribution < -0.4 is 10.6 Å². The molecule has 1 saturated heterocycles. The fourth-order valence-corrected chi connectivity index (χ4v) is 4.26. The Hall–Kier alpha value is -2.96. The van der Waals surface area contributed by atoms with Crippen LogP contribution >= 0.6 is 0 Å². The van der Waals surface area contributed by atoms with Crippen LogP contribution in [0, 0.1) is 23.7 Å². The van der Waals surface area contributed by atoms with Crippen molar-refractivity contribution in [2.75, 3.05) is 5.32 Å². The Labute approximate surface area is 189 Å². The molecule has 0 spiro atoms. The highest BCUT2D eigenvalue weighted by Gasteiger charge is 2.51. The Kier molecular flexibility index (Phi) is 7.48. The Bertz CT molecular complexity index is 896. The summed E-state index contributed by atoms with van der Waals surface area (Å²) in [6, 6.07) is 6.46. The average Bonchev–Trinajstić information content (AvgIpc) is 3.01. The van der Waals surface area contributed by atoms with Gasteiger partial charge in [0, 0.05) is 18.2 Å². The number of fused-ring (bicyclic) bond motifs is 1. The monoisotopic (exact) mass is 439 g/mol. The van der Waals surface area contributed by atoms with E-state index >= 15 is 0 Å². The minimum absolute atomic E-state index is 0.0785. The zero-order valence-electron chi connectivity index (χ0n) is 19.3. The lowest BCUT2D eigenvalue weighted by Crippen LogP contribution is -2.50. The predicted octanol–water partition coefficient (Wildman–Crippen LogP) is 3.26. The summed E-state index contributed by atoms with van der Waals surface area (Å²) in [5, 5.41) is 5.74. The number of nitrogens with zero attached hydrogens (tertiary/aromatic N) is 1. The number of hydrogen-bond donors (Lipinski definition) is 2. The molecule has 2 aliphatic rings. The van der Waals surface area contributed by atoms with Gasteiger partial charge in [-0.25, -0.2) is 0 Å². The number of carbonyl (C=O) groups excluding carboxylic acids is 4. The molecule has 0 radical (unpaired) electrons. The summed E-state index contributed by atoms with van der Waals surface area (Å²) >= 11 is 0. The summed E-state index contributed by atoms with van der Waals surface area (Å²) in [7, 11) is 0. The molecule has 4 amide bonds. The highest BCUT2D eigenvalue weighted by molar-refractivity contribution is 6.08. The number of nitrogens with one attached hydrogen (secondary N) is 2. The van der Waals surface area contributed by atoms with Crippen LogP contribution in [0.25, 0.3) is 0 Å². The van der Waals surface area contributed by atoms with Gasteiger partial charge in [0.25, 0.3) is 0 Å². The van der Waals surface area contributed by atoms with Crippen molar-refractivity contribution < 1.29 is 19.2 Å². The van der Waals surface area contributed by atoms with Crippen LogP contribution in [0.5, 0.6) is 0 Å². The minimum Gasteiger partial charge on any atom is -0.350 e. The van der Waals surface area contributed by atoms with Gasteiger partial charge >= 0.3 is 0 Å². The third kappa shape index (κ3) is 5.26. The molecule has 2 N–H and O–H groups in total. The van der Waals surface area contributed by atoms with E-state index in [1.165, 1.54) is 4.90 Å². The number of allylic oxidation sites excluding steroid dienone is 2. The quantitative estimate of drug-likeness (QED) is 0.480. The smallest absolute Gasteiger partial charge is 0.243 e. The number of likely N-dealkylation sites (tertiary alicyclic amines) is 1. The average molecular weight is 440 g/mol. The van der Waals surface area contributed by atoms with Gasteiger partial charge in [0.05, 0.1) is 11.8 Å². The van der Waals surface area contributed by atoms with Crippen molar-refractivity contribution >= 4 is 29.3 Å². The lowest BCUT2D eigenvalue weighted by Gasteiger charge is -2.27.